The van der Waals surface area contributed by atoms with Crippen molar-refractivity contribution in [3.8, 4) is 0 Å². The van der Waals surface area contributed by atoms with Gasteiger partial charge in [-0.1, -0.05) is 23.2 Å². The van der Waals surface area contributed by atoms with Gasteiger partial charge in [-0.05, 0) is 48.7 Å². The maximum atomic E-state index is 11.9. The lowest BCUT2D eigenvalue weighted by Crippen LogP contribution is -2.32. The number of thioether (sulfide) groups is 1. The van der Waals surface area contributed by atoms with Gasteiger partial charge < -0.3 is 15.4 Å². The fraction of sp³-hybridized carbons (Fsp3) is 0.167. The van der Waals surface area contributed by atoms with Gasteiger partial charge in [0.15, 0.2) is 6.61 Å². The molecule has 0 unspecified atom stereocenters. The van der Waals surface area contributed by atoms with Crippen LogP contribution in [0.4, 0.5) is 5.69 Å². The maximum absolute atomic E-state index is 11.9. The Bertz CT molecular complexity index is 844. The number of hydrogen-bond acceptors (Lipinski definition) is 5. The largest absolute Gasteiger partial charge is 0.454 e. The summed E-state index contributed by atoms with van der Waals surface area (Å²) < 4.78 is 4.83. The molecule has 0 spiro atoms. The van der Waals surface area contributed by atoms with E-state index in [0.717, 1.165) is 4.90 Å². The summed E-state index contributed by atoms with van der Waals surface area (Å²) in [6.45, 7) is -0.833. The highest BCUT2D eigenvalue weighted by molar-refractivity contribution is 7.98. The number of esters is 1. The van der Waals surface area contributed by atoms with Crippen LogP contribution in [0.15, 0.2) is 47.4 Å². The molecule has 2 aromatic carbocycles. The first kappa shape index (κ1) is 21.1. The minimum absolute atomic E-state index is 0.231. The highest BCUT2D eigenvalue weighted by Crippen LogP contribution is 2.22. The molecule has 0 aliphatic heterocycles. The molecule has 2 aromatic rings. The number of carbonyl (C=O) groups excluding carboxylic acids is 3. The van der Waals surface area contributed by atoms with Gasteiger partial charge >= 0.3 is 5.97 Å². The smallest absolute Gasteiger partial charge is 0.325 e. The molecule has 0 bridgehead atoms. The molecule has 0 radical (unpaired) electrons. The lowest BCUT2D eigenvalue weighted by atomic mass is 10.2. The Hall–Kier alpha value is -2.22. The van der Waals surface area contributed by atoms with Gasteiger partial charge in [0.25, 0.3) is 11.8 Å². The van der Waals surface area contributed by atoms with Gasteiger partial charge in [-0.15, -0.1) is 11.8 Å². The number of carbonyl (C=O) groups is 3. The van der Waals surface area contributed by atoms with Crippen LogP contribution in [-0.2, 0) is 14.3 Å². The highest BCUT2D eigenvalue weighted by atomic mass is 35.5. The highest BCUT2D eigenvalue weighted by Gasteiger charge is 2.12. The molecule has 0 saturated carbocycles. The number of halogens is 2. The fourth-order valence-electron chi connectivity index (χ4n) is 1.96. The summed E-state index contributed by atoms with van der Waals surface area (Å²) in [5, 5.41) is 5.54. The van der Waals surface area contributed by atoms with E-state index in [1.165, 1.54) is 18.2 Å². The molecular formula is C18H16Cl2N2O4S. The molecule has 2 rings (SSSR count). The van der Waals surface area contributed by atoms with E-state index in [9.17, 15) is 14.4 Å². The van der Waals surface area contributed by atoms with Gasteiger partial charge in [0.05, 0.1) is 10.0 Å². The predicted molar refractivity (Wildman–Crippen MR) is 107 cm³/mol. The lowest BCUT2D eigenvalue weighted by molar-refractivity contribution is -0.146. The Kier molecular flexibility index (Phi) is 7.97. The van der Waals surface area contributed by atoms with E-state index in [2.05, 4.69) is 10.6 Å². The van der Waals surface area contributed by atoms with Crippen LogP contribution in [0, 0.1) is 0 Å². The maximum Gasteiger partial charge on any atom is 0.325 e. The zero-order valence-corrected chi connectivity index (χ0v) is 16.6. The lowest BCUT2D eigenvalue weighted by Gasteiger charge is -2.08. The van der Waals surface area contributed by atoms with Crippen molar-refractivity contribution in [2.45, 2.75) is 4.90 Å². The molecule has 9 heteroatoms. The van der Waals surface area contributed by atoms with Crippen LogP contribution in [0.25, 0.3) is 0 Å². The van der Waals surface area contributed by atoms with E-state index in [1.54, 1.807) is 23.9 Å². The third-order valence-electron chi connectivity index (χ3n) is 3.31. The Morgan fingerprint density at radius 2 is 1.74 bits per heavy atom. The number of amides is 2. The second kappa shape index (κ2) is 10.2. The van der Waals surface area contributed by atoms with E-state index in [4.69, 9.17) is 27.9 Å². The van der Waals surface area contributed by atoms with Crippen molar-refractivity contribution in [1.29, 1.82) is 0 Å². The normalized spacial score (nSPS) is 10.2. The molecule has 0 aliphatic carbocycles. The molecule has 0 atom stereocenters. The molecule has 0 fully saturated rings. The van der Waals surface area contributed by atoms with Crippen LogP contribution >= 0.6 is 35.0 Å². The quantitative estimate of drug-likeness (QED) is 0.521. The molecule has 2 amide bonds. The summed E-state index contributed by atoms with van der Waals surface area (Å²) in [6.07, 6.45) is 1.95. The van der Waals surface area contributed by atoms with E-state index in [0.29, 0.717) is 10.7 Å². The van der Waals surface area contributed by atoms with E-state index in [-0.39, 0.29) is 17.1 Å². The summed E-state index contributed by atoms with van der Waals surface area (Å²) in [5.74, 6) is -1.73. The first-order chi connectivity index (χ1) is 12.9. The summed E-state index contributed by atoms with van der Waals surface area (Å²) in [5.41, 5.74) is 0.852. The van der Waals surface area contributed by atoms with Crippen LogP contribution in [0.3, 0.4) is 0 Å². The topological polar surface area (TPSA) is 84.5 Å². The van der Waals surface area contributed by atoms with Crippen molar-refractivity contribution in [2.24, 2.45) is 0 Å². The predicted octanol–water partition coefficient (Wildman–Crippen LogP) is 3.63. The number of rotatable bonds is 7. The minimum atomic E-state index is -0.740. The molecule has 0 saturated heterocycles. The van der Waals surface area contributed by atoms with E-state index < -0.39 is 24.4 Å². The number of ether oxygens (including phenoxy) is 1. The molecule has 0 heterocycles. The monoisotopic (exact) mass is 426 g/mol. The van der Waals surface area contributed by atoms with Crippen molar-refractivity contribution in [3.05, 3.63) is 58.1 Å². The van der Waals surface area contributed by atoms with Gasteiger partial charge in [-0.25, -0.2) is 0 Å². The van der Waals surface area contributed by atoms with Crippen molar-refractivity contribution >= 4 is 58.4 Å². The standard InChI is InChI=1S/C18H16Cl2N2O4S/c1-27-13-5-3-12(4-6-13)22-16(23)10-26-17(24)9-21-18(25)11-2-7-14(19)15(20)8-11/h2-8H,9-10H2,1H3,(H,21,25)(H,22,23). The summed E-state index contributed by atoms with van der Waals surface area (Å²) >= 11 is 13.2. The molecular weight excluding hydrogens is 411 g/mol. The fourth-order valence-corrected chi connectivity index (χ4v) is 2.67. The summed E-state index contributed by atoms with van der Waals surface area (Å²) in [4.78, 5) is 36.5. The van der Waals surface area contributed by atoms with Crippen molar-refractivity contribution in [2.75, 3.05) is 24.7 Å². The summed E-state index contributed by atoms with van der Waals surface area (Å²) in [7, 11) is 0. The van der Waals surface area contributed by atoms with Crippen LogP contribution in [-0.4, -0.2) is 37.2 Å². The third-order valence-corrected chi connectivity index (χ3v) is 4.80. The number of anilines is 1. The van der Waals surface area contributed by atoms with Crippen LogP contribution in [0.2, 0.25) is 10.0 Å². The number of nitrogens with one attached hydrogen (secondary N) is 2. The second-order valence-electron chi connectivity index (χ2n) is 5.25. The molecule has 0 aromatic heterocycles. The van der Waals surface area contributed by atoms with Crippen LogP contribution in [0.1, 0.15) is 10.4 Å². The van der Waals surface area contributed by atoms with E-state index in [1.807, 2.05) is 18.4 Å². The van der Waals surface area contributed by atoms with Crippen LogP contribution < -0.4 is 10.6 Å². The Morgan fingerprint density at radius 3 is 2.37 bits per heavy atom. The molecule has 2 N–H and O–H groups in total. The number of hydrogen-bond donors (Lipinski definition) is 2. The molecule has 6 nitrogen and oxygen atoms in total. The average molecular weight is 427 g/mol. The Labute approximate surface area is 170 Å². The van der Waals surface area contributed by atoms with Crippen LogP contribution in [0.5, 0.6) is 0 Å². The number of benzene rings is 2. The van der Waals surface area contributed by atoms with Gasteiger partial charge in [0, 0.05) is 16.1 Å². The van der Waals surface area contributed by atoms with Crippen molar-refractivity contribution in [3.63, 3.8) is 0 Å². The van der Waals surface area contributed by atoms with E-state index >= 15 is 0 Å². The minimum Gasteiger partial charge on any atom is -0.454 e. The van der Waals surface area contributed by atoms with Gasteiger partial charge in [0.2, 0.25) is 0 Å². The van der Waals surface area contributed by atoms with Gasteiger partial charge in [0.1, 0.15) is 6.54 Å². The summed E-state index contributed by atoms with van der Waals surface area (Å²) in [6, 6.07) is 11.6. The Morgan fingerprint density at radius 1 is 1.04 bits per heavy atom. The van der Waals surface area contributed by atoms with Gasteiger partial charge in [-0.2, -0.15) is 0 Å². The first-order valence-electron chi connectivity index (χ1n) is 7.72. The molecule has 27 heavy (non-hydrogen) atoms. The zero-order chi connectivity index (χ0) is 19.8. The molecule has 142 valence electrons. The van der Waals surface area contributed by atoms with Gasteiger partial charge in [-0.3, -0.25) is 14.4 Å². The second-order valence-corrected chi connectivity index (χ2v) is 6.94. The average Bonchev–Trinajstić information content (AvgIpc) is 2.67. The SMILES string of the molecule is CSc1ccc(NC(=O)COC(=O)CNC(=O)c2ccc(Cl)c(Cl)c2)cc1. The Balaban J connectivity index is 1.74. The first-order valence-corrected chi connectivity index (χ1v) is 9.70. The molecule has 0 aliphatic rings. The van der Waals surface area contributed by atoms with Crippen molar-refractivity contribution < 1.29 is 19.1 Å². The zero-order valence-electron chi connectivity index (χ0n) is 14.3. The third kappa shape index (κ3) is 6.78. The van der Waals surface area contributed by atoms with Crippen molar-refractivity contribution in [1.82, 2.24) is 5.32 Å².